The summed E-state index contributed by atoms with van der Waals surface area (Å²) in [6, 6.07) is 65.5. The fraction of sp³-hybridized carbons (Fsp3) is 0.0556. The summed E-state index contributed by atoms with van der Waals surface area (Å²) in [6.07, 6.45) is 0. The van der Waals surface area contributed by atoms with Crippen LogP contribution in [0.3, 0.4) is 0 Å². The Bertz CT molecular complexity index is 5530. The first kappa shape index (κ1) is 84.3. The van der Waals surface area contributed by atoms with Crippen molar-refractivity contribution in [3.8, 4) is 17.2 Å². The fourth-order valence-electron chi connectivity index (χ4n) is 8.91. The molecule has 4 heterocycles. The predicted molar refractivity (Wildman–Crippen MR) is 429 cm³/mol. The van der Waals surface area contributed by atoms with Gasteiger partial charge in [-0.1, -0.05) is 155 Å². The summed E-state index contributed by atoms with van der Waals surface area (Å²) in [5.74, 6) is 0.852. The maximum Gasteiger partial charge on any atom is 1.00 e. The number of phenols is 2. The van der Waals surface area contributed by atoms with Gasteiger partial charge in [0.15, 0.2) is 34.2 Å². The Morgan fingerprint density at radius 1 is 0.383 bits per heavy atom. The quantitative estimate of drug-likeness (QED) is 0.0138. The van der Waals surface area contributed by atoms with Gasteiger partial charge >= 0.3 is 51.4 Å². The summed E-state index contributed by atoms with van der Waals surface area (Å²) in [5.41, 5.74) is 11.6. The molecule has 1 aliphatic rings. The number of phenolic OH excluding ortho intramolecular Hbond substituents is 2. The molecule has 0 saturated heterocycles. The first-order valence-electron chi connectivity index (χ1n) is 30.8. The molecule has 0 unspecified atom stereocenters. The standard InChI is InChI=1S/C22H18BrClN4O3S.C20H15ClN4O3S.C14H9Cl2N3O2S.C8H5NO2.C6H7NO.C2H4Br2.K/c23-13-14-31-17-9-7-16(8-10-17)25-21-22(27-20-4-2-1-3-19(20)26-21)28-32(29,30)18-11-5-15(24)6-12-18;21-13-5-11-16(12-6-13)29(27,28)25-20-19(22-14-7-9-15(26)10-8-14)23-17-3-1-2-4-18(17)24-20;15-9-5-7-10(8-6-9)22(20,21)19-14-13(16)17-11-3-1-2-4-12(11)18-14;10-7-5-3-1-2-4-6(5)8(11)9-7;7-5-1-3-6(8)4-2-5;3-1-2-4;/h1-12H,13-14H2,(H,25,26)(H,27,28);1-12,26H,(H,22,23)(H,24,25);1-8H,(H,18,19);1-4H,(H,9,10,11);1-4,8H,7H2;1-2H2;/q;;;;;;+1/p-1. The third-order valence-electron chi connectivity index (χ3n) is 13.9. The number of hydrogen-bond acceptors (Lipinski definition) is 20. The van der Waals surface area contributed by atoms with Gasteiger partial charge in [-0.3, -0.25) is 14.2 Å². The van der Waals surface area contributed by atoms with Crippen molar-refractivity contribution in [2.24, 2.45) is 0 Å². The Kier molecular flexibility index (Phi) is 31.7. The second-order valence-electron chi connectivity index (χ2n) is 21.4. The van der Waals surface area contributed by atoms with E-state index in [4.69, 9.17) is 62.0 Å². The van der Waals surface area contributed by atoms with Gasteiger partial charge in [0, 0.05) is 59.2 Å². The van der Waals surface area contributed by atoms with Gasteiger partial charge in [-0.25, -0.2) is 55.2 Å². The van der Waals surface area contributed by atoms with Gasteiger partial charge in [-0.15, -0.1) is 0 Å². The summed E-state index contributed by atoms with van der Waals surface area (Å²) in [4.78, 5) is 48.3. The van der Waals surface area contributed by atoms with Crippen LogP contribution in [0.1, 0.15) is 20.7 Å². The van der Waals surface area contributed by atoms with Crippen molar-refractivity contribution in [3.05, 3.63) is 279 Å². The van der Waals surface area contributed by atoms with Crippen LogP contribution in [0.2, 0.25) is 20.2 Å². The molecule has 1 aliphatic heterocycles. The first-order chi connectivity index (χ1) is 50.8. The van der Waals surface area contributed by atoms with Crippen molar-refractivity contribution in [2.45, 2.75) is 14.7 Å². The summed E-state index contributed by atoms with van der Waals surface area (Å²) in [7, 11) is -11.6. The number of benzene rings is 10. The normalized spacial score (nSPS) is 11.3. The number of carbonyl (C=O) groups excluding carboxylic acids is 2. The number of aromatic hydroxyl groups is 2. The molecule has 0 aliphatic carbocycles. The number of para-hydroxylation sites is 6. The molecule has 2 amide bonds. The molecule has 107 heavy (non-hydrogen) atoms. The molecule has 0 fully saturated rings. The Hall–Kier alpha value is -8.35. The molecule has 14 rings (SSSR count). The molecule has 9 N–H and O–H groups in total. The molecule has 35 heteroatoms. The number of amides is 2. The smallest absolute Gasteiger partial charge is 0.587 e. The van der Waals surface area contributed by atoms with Crippen LogP contribution in [-0.2, 0) is 30.1 Å². The van der Waals surface area contributed by atoms with Crippen molar-refractivity contribution in [3.63, 3.8) is 0 Å². The van der Waals surface area contributed by atoms with E-state index in [1.54, 1.807) is 109 Å². The zero-order valence-electron chi connectivity index (χ0n) is 55.6. The Morgan fingerprint density at radius 3 is 1.02 bits per heavy atom. The van der Waals surface area contributed by atoms with Crippen molar-refractivity contribution in [1.29, 1.82) is 0 Å². The molecular formula is C72H57Br3Cl4KN13O11S3. The van der Waals surface area contributed by atoms with Crippen LogP contribution in [0.15, 0.2) is 257 Å². The molecule has 0 radical (unpaired) electrons. The number of nitrogen functional groups attached to an aromatic ring is 1. The number of carbonyl (C=O) groups is 2. The Morgan fingerprint density at radius 2 is 0.682 bits per heavy atom. The number of aromatic nitrogens is 6. The van der Waals surface area contributed by atoms with Gasteiger partial charge < -0.3 is 46.2 Å². The number of sulfonamides is 3. The Balaban J connectivity index is 0.000000177. The molecular weight excluding hydrogens is 1740 g/mol. The third kappa shape index (κ3) is 24.8. The Labute approximate surface area is 702 Å². The first-order valence-corrected chi connectivity index (χ1v) is 40.1. The van der Waals surface area contributed by atoms with E-state index in [9.17, 15) is 39.9 Å². The van der Waals surface area contributed by atoms with Crippen molar-refractivity contribution in [2.75, 3.05) is 53.1 Å². The van der Waals surface area contributed by atoms with E-state index in [0.717, 1.165) is 21.7 Å². The van der Waals surface area contributed by atoms with Gasteiger partial charge in [0.25, 0.3) is 30.1 Å². The monoisotopic (exact) mass is 1790 g/mol. The number of halogens is 7. The summed E-state index contributed by atoms with van der Waals surface area (Å²) >= 11 is 33.2. The van der Waals surface area contributed by atoms with E-state index in [-0.39, 0.29) is 112 Å². The van der Waals surface area contributed by atoms with Crippen LogP contribution < -0.4 is 86.7 Å². The van der Waals surface area contributed by atoms with E-state index >= 15 is 0 Å². The number of rotatable bonds is 17. The fourth-order valence-corrected chi connectivity index (χ4v) is 12.7. The average molecular weight is 1800 g/mol. The number of nitrogens with two attached hydrogens (primary N) is 1. The average Bonchev–Trinajstić information content (AvgIpc) is 1.56. The second kappa shape index (κ2) is 40.2. The van der Waals surface area contributed by atoms with Crippen molar-refractivity contribution in [1.82, 2.24) is 29.9 Å². The molecule has 544 valence electrons. The topological polar surface area (TPSA) is 364 Å². The minimum absolute atomic E-state index is 0. The number of alkyl halides is 3. The molecule has 0 saturated carbocycles. The van der Waals surface area contributed by atoms with E-state index in [1.165, 1.54) is 84.9 Å². The van der Waals surface area contributed by atoms with Crippen LogP contribution in [0, 0.1) is 0 Å². The maximum atomic E-state index is 12.9. The number of hydrogen-bond donors (Lipinski definition) is 8. The van der Waals surface area contributed by atoms with Gasteiger partial charge in [0.1, 0.15) is 17.2 Å². The third-order valence-corrected chi connectivity index (χ3v) is 21.1. The predicted octanol–water partition coefficient (Wildman–Crippen LogP) is 15.0. The number of fused-ring (bicyclic) bond motifs is 4. The van der Waals surface area contributed by atoms with E-state index in [0.29, 0.717) is 83.0 Å². The number of nitrogens with one attached hydrogen (secondary N) is 5. The van der Waals surface area contributed by atoms with Gasteiger partial charge in [0.2, 0.25) is 0 Å². The number of imide groups is 1. The van der Waals surface area contributed by atoms with Gasteiger partial charge in [-0.05, 0) is 182 Å². The largest absolute Gasteiger partial charge is 1.00 e. The van der Waals surface area contributed by atoms with Crippen LogP contribution >= 0.6 is 94.2 Å². The molecule has 0 atom stereocenters. The molecule has 13 aromatic rings. The number of nitrogens with zero attached hydrogens (tertiary/aromatic N) is 7. The van der Waals surface area contributed by atoms with Crippen LogP contribution in [0.4, 0.5) is 46.2 Å². The number of anilines is 8. The molecule has 3 aromatic heterocycles. The molecule has 24 nitrogen and oxygen atoms in total. The van der Waals surface area contributed by atoms with Crippen molar-refractivity contribution >= 4 is 215 Å². The maximum absolute atomic E-state index is 12.9. The minimum Gasteiger partial charge on any atom is -0.587 e. The zero-order valence-corrected chi connectivity index (χ0v) is 68.9. The summed E-state index contributed by atoms with van der Waals surface area (Å²) < 4.78 is 89.1. The van der Waals surface area contributed by atoms with Gasteiger partial charge in [-0.2, -0.15) is 0 Å². The summed E-state index contributed by atoms with van der Waals surface area (Å²) in [5, 5.41) is 31.8. The molecule has 0 spiro atoms. The van der Waals surface area contributed by atoms with Crippen LogP contribution in [-0.4, -0.2) is 99.8 Å². The van der Waals surface area contributed by atoms with Crippen LogP contribution in [0.5, 0.6) is 17.2 Å². The summed E-state index contributed by atoms with van der Waals surface area (Å²) in [6.45, 7) is 0.555. The van der Waals surface area contributed by atoms with Crippen molar-refractivity contribution < 1.29 is 101 Å². The van der Waals surface area contributed by atoms with E-state index < -0.39 is 41.9 Å². The minimum atomic E-state index is -3.91. The van der Waals surface area contributed by atoms with Gasteiger partial charge in [0.05, 0.1) is 66.2 Å². The van der Waals surface area contributed by atoms with E-state index in [1.807, 2.05) is 48.5 Å². The SMILES string of the molecule is BrCCBr.Nc1ccc(O)cc1.O=C1[N-]C(=O)c2ccccc21.O=S(=O)(Nc1nc2ccccc2nc1Cl)c1ccc(Cl)cc1.O=S(=O)(Nc1nc2ccccc2nc1Nc1ccc(O)cc1)c1ccc(Cl)cc1.O=S(=O)(Nc1nc2ccccc2nc1Nc1ccc(OCCBr)cc1)c1ccc(Cl)cc1.[K+]. The molecule has 0 bridgehead atoms. The number of ether oxygens (including phenoxy) is 1. The zero-order chi connectivity index (χ0) is 76.0. The van der Waals surface area contributed by atoms with Crippen LogP contribution in [0.25, 0.3) is 38.4 Å². The van der Waals surface area contributed by atoms with E-state index in [2.05, 4.69) is 108 Å². The second-order valence-corrected chi connectivity index (χ2v) is 30.5. The molecule has 10 aromatic carbocycles.